The van der Waals surface area contributed by atoms with E-state index in [9.17, 15) is 0 Å². The SMILES string of the molecule is BC1(c2cnc(-c3ccccc3)cc2-c2ccc3cc(C4(B)CC5CCC4CC5)ccc3c2)CCCCC1. The molecule has 0 aliphatic heterocycles. The summed E-state index contributed by atoms with van der Waals surface area (Å²) in [5.74, 6) is 1.80. The fourth-order valence-electron chi connectivity index (χ4n) is 8.44. The average molecular weight is 495 g/mol. The zero-order valence-corrected chi connectivity index (χ0v) is 23.2. The Labute approximate surface area is 230 Å². The van der Waals surface area contributed by atoms with Crippen molar-refractivity contribution in [3.8, 4) is 22.4 Å². The average Bonchev–Trinajstić information content (AvgIpc) is 2.97. The van der Waals surface area contributed by atoms with Crippen molar-refractivity contribution in [3.63, 3.8) is 0 Å². The summed E-state index contributed by atoms with van der Waals surface area (Å²) < 4.78 is 0. The molecule has 0 spiro atoms. The van der Waals surface area contributed by atoms with Crippen molar-refractivity contribution in [2.45, 2.75) is 74.8 Å². The van der Waals surface area contributed by atoms with Gasteiger partial charge in [-0.25, -0.2) is 0 Å². The Morgan fingerprint density at radius 3 is 2.18 bits per heavy atom. The number of rotatable bonds is 4. The maximum atomic E-state index is 5.01. The molecule has 3 heteroatoms. The normalized spacial score (nSPS) is 26.4. The minimum absolute atomic E-state index is 0.198. The van der Waals surface area contributed by atoms with Crippen LogP contribution in [0.15, 0.2) is 79.0 Å². The lowest BCUT2D eigenvalue weighted by Crippen LogP contribution is -2.45. The largest absolute Gasteiger partial charge is 0.256 e. The highest BCUT2D eigenvalue weighted by Gasteiger charge is 2.44. The Morgan fingerprint density at radius 1 is 0.711 bits per heavy atom. The Bertz CT molecular complexity index is 1460. The summed E-state index contributed by atoms with van der Waals surface area (Å²) in [5.41, 5.74) is 7.95. The highest BCUT2D eigenvalue weighted by atomic mass is 14.7. The maximum absolute atomic E-state index is 5.01. The van der Waals surface area contributed by atoms with Gasteiger partial charge in [-0.1, -0.05) is 118 Å². The van der Waals surface area contributed by atoms with Crippen LogP contribution in [0.3, 0.4) is 0 Å². The Balaban J connectivity index is 1.31. The summed E-state index contributed by atoms with van der Waals surface area (Å²) in [7, 11) is 5.03. The molecular formula is C35H39B2N. The second-order valence-electron chi connectivity index (χ2n) is 13.2. The van der Waals surface area contributed by atoms with Crippen molar-refractivity contribution in [1.29, 1.82) is 0 Å². The van der Waals surface area contributed by atoms with Crippen LogP contribution in [0.4, 0.5) is 0 Å². The quantitative estimate of drug-likeness (QED) is 0.269. The van der Waals surface area contributed by atoms with Crippen molar-refractivity contribution in [1.82, 2.24) is 4.98 Å². The van der Waals surface area contributed by atoms with Gasteiger partial charge in [0.05, 0.1) is 5.69 Å². The van der Waals surface area contributed by atoms with Crippen LogP contribution in [0, 0.1) is 11.8 Å². The lowest BCUT2D eigenvalue weighted by molar-refractivity contribution is 0.118. The highest BCUT2D eigenvalue weighted by Crippen LogP contribution is 2.52. The molecule has 0 saturated heterocycles. The van der Waals surface area contributed by atoms with Crippen LogP contribution >= 0.6 is 0 Å². The van der Waals surface area contributed by atoms with Crippen molar-refractivity contribution in [3.05, 3.63) is 90.1 Å². The molecule has 4 aliphatic rings. The van der Waals surface area contributed by atoms with Gasteiger partial charge in [-0.2, -0.15) is 0 Å². The van der Waals surface area contributed by atoms with E-state index in [0.29, 0.717) is 5.31 Å². The molecule has 1 aromatic heterocycles. The zero-order valence-electron chi connectivity index (χ0n) is 23.2. The van der Waals surface area contributed by atoms with E-state index in [0.717, 1.165) is 17.5 Å². The Morgan fingerprint density at radius 2 is 1.45 bits per heavy atom. The van der Waals surface area contributed by atoms with Gasteiger partial charge in [-0.05, 0) is 74.0 Å². The number of hydrogen-bond donors (Lipinski definition) is 0. The monoisotopic (exact) mass is 495 g/mol. The fourth-order valence-corrected chi connectivity index (χ4v) is 8.44. The molecule has 2 bridgehead atoms. The van der Waals surface area contributed by atoms with Gasteiger partial charge in [-0.3, -0.25) is 4.98 Å². The van der Waals surface area contributed by atoms with E-state index in [2.05, 4.69) is 94.7 Å². The molecule has 4 saturated carbocycles. The highest BCUT2D eigenvalue weighted by molar-refractivity contribution is 6.17. The van der Waals surface area contributed by atoms with Gasteiger partial charge in [0, 0.05) is 11.8 Å². The van der Waals surface area contributed by atoms with E-state index < -0.39 is 0 Å². The Hall–Kier alpha value is -2.80. The van der Waals surface area contributed by atoms with Gasteiger partial charge in [0.2, 0.25) is 0 Å². The fraction of sp³-hybridized carbons (Fsp3) is 0.400. The summed E-state index contributed by atoms with van der Waals surface area (Å²) in [4.78, 5) is 5.01. The third-order valence-electron chi connectivity index (χ3n) is 10.9. The second-order valence-corrected chi connectivity index (χ2v) is 13.2. The molecular weight excluding hydrogens is 456 g/mol. The summed E-state index contributed by atoms with van der Waals surface area (Å²) in [5, 5.41) is 3.29. The van der Waals surface area contributed by atoms with Gasteiger partial charge in [0.1, 0.15) is 15.7 Å². The number of nitrogens with zero attached hydrogens (tertiary/aromatic N) is 1. The molecule has 0 radical (unpaired) electrons. The minimum Gasteiger partial charge on any atom is -0.256 e. The first kappa shape index (κ1) is 24.3. The van der Waals surface area contributed by atoms with Crippen LogP contribution in [0.5, 0.6) is 0 Å². The van der Waals surface area contributed by atoms with Crippen LogP contribution in [0.2, 0.25) is 0 Å². The van der Waals surface area contributed by atoms with Gasteiger partial charge >= 0.3 is 0 Å². The summed E-state index contributed by atoms with van der Waals surface area (Å²) in [6.07, 6.45) is 15.8. The van der Waals surface area contributed by atoms with E-state index in [4.69, 9.17) is 4.98 Å². The second kappa shape index (κ2) is 9.44. The zero-order chi connectivity index (χ0) is 25.7. The van der Waals surface area contributed by atoms with E-state index >= 15 is 0 Å². The smallest absolute Gasteiger partial charge is 0.115 e. The van der Waals surface area contributed by atoms with E-state index in [1.165, 1.54) is 97.2 Å². The number of pyridine rings is 1. The molecule has 1 unspecified atom stereocenters. The van der Waals surface area contributed by atoms with Crippen molar-refractivity contribution < 1.29 is 0 Å². The maximum Gasteiger partial charge on any atom is 0.115 e. The molecule has 4 aromatic rings. The molecule has 38 heavy (non-hydrogen) atoms. The van der Waals surface area contributed by atoms with Gasteiger partial charge in [-0.15, -0.1) is 0 Å². The van der Waals surface area contributed by atoms with Crippen molar-refractivity contribution in [2.24, 2.45) is 11.8 Å². The molecule has 4 fully saturated rings. The first-order valence-electron chi connectivity index (χ1n) is 15.1. The molecule has 1 heterocycles. The van der Waals surface area contributed by atoms with E-state index in [1.54, 1.807) is 5.56 Å². The lowest BCUT2D eigenvalue weighted by atomic mass is 9.45. The molecule has 0 amide bonds. The third-order valence-corrected chi connectivity index (χ3v) is 10.9. The van der Waals surface area contributed by atoms with Gasteiger partial charge < -0.3 is 0 Å². The van der Waals surface area contributed by atoms with Crippen LogP contribution in [0.1, 0.15) is 75.3 Å². The first-order valence-corrected chi connectivity index (χ1v) is 15.1. The van der Waals surface area contributed by atoms with Gasteiger partial charge in [0.25, 0.3) is 0 Å². The van der Waals surface area contributed by atoms with Crippen LogP contribution in [0.25, 0.3) is 33.2 Å². The topological polar surface area (TPSA) is 12.9 Å². The molecule has 3 aromatic carbocycles. The molecule has 1 nitrogen and oxygen atoms in total. The molecule has 4 aliphatic carbocycles. The van der Waals surface area contributed by atoms with E-state index in [-0.39, 0.29) is 5.31 Å². The summed E-state index contributed by atoms with van der Waals surface area (Å²) in [6, 6.07) is 27.6. The number of fused-ring (bicyclic) bond motifs is 4. The van der Waals surface area contributed by atoms with E-state index in [1.807, 2.05) is 0 Å². The predicted octanol–water partition coefficient (Wildman–Crippen LogP) is 7.40. The van der Waals surface area contributed by atoms with Crippen LogP contribution in [-0.2, 0) is 10.6 Å². The molecule has 190 valence electrons. The first-order chi connectivity index (χ1) is 18.5. The summed E-state index contributed by atoms with van der Waals surface area (Å²) in [6.45, 7) is 0. The molecule has 0 N–H and O–H groups in total. The van der Waals surface area contributed by atoms with Crippen LogP contribution in [-0.4, -0.2) is 20.7 Å². The number of benzene rings is 3. The molecule has 8 rings (SSSR count). The van der Waals surface area contributed by atoms with Gasteiger partial charge in [0.15, 0.2) is 0 Å². The predicted molar refractivity (Wildman–Crippen MR) is 166 cm³/mol. The summed E-state index contributed by atoms with van der Waals surface area (Å²) >= 11 is 0. The number of aromatic nitrogens is 1. The van der Waals surface area contributed by atoms with Crippen molar-refractivity contribution in [2.75, 3.05) is 0 Å². The number of hydrogen-bond acceptors (Lipinski definition) is 1. The molecule has 1 atom stereocenters. The van der Waals surface area contributed by atoms with Crippen LogP contribution < -0.4 is 0 Å². The van der Waals surface area contributed by atoms with Crippen molar-refractivity contribution >= 4 is 26.5 Å². The minimum atomic E-state index is 0.198. The third kappa shape index (κ3) is 4.14. The Kier molecular flexibility index (Phi) is 6.02. The lowest BCUT2D eigenvalue weighted by Gasteiger charge is -2.51. The standard InChI is InChI=1S/C35H39B2N/c36-34(17-5-2-6-18-34)32-23-38-33(25-7-3-1-4-8-25)21-31(32)28-12-11-27-20-30(16-13-26(27)19-28)35(37)22-24-9-14-29(35)15-10-24/h1,3-4,7-8,11-13,16,19-21,23-24,29H,2,5-6,9-10,14-15,17-18,22,36-37H2.